The number of nitrogens with one attached hydrogen (secondary N) is 1. The predicted octanol–water partition coefficient (Wildman–Crippen LogP) is 2.92. The molecule has 1 N–H and O–H groups in total. The van der Waals surface area contributed by atoms with Crippen molar-refractivity contribution in [2.75, 3.05) is 30.2 Å². The van der Waals surface area contributed by atoms with Crippen LogP contribution in [0.15, 0.2) is 42.5 Å². The van der Waals surface area contributed by atoms with Crippen LogP contribution in [0.3, 0.4) is 0 Å². The monoisotopic (exact) mass is 427 g/mol. The number of benzene rings is 2. The SMILES string of the molecule is CS(=O)(=O)N1CCCc2cc(C(=O)NCc3ccccc3CN3CCCC3)ccc21. The molecule has 160 valence electrons. The molecular weight excluding hydrogens is 398 g/mol. The van der Waals surface area contributed by atoms with Gasteiger partial charge in [0.1, 0.15) is 0 Å². The summed E-state index contributed by atoms with van der Waals surface area (Å²) in [6.45, 7) is 4.17. The summed E-state index contributed by atoms with van der Waals surface area (Å²) >= 11 is 0. The van der Waals surface area contributed by atoms with Gasteiger partial charge < -0.3 is 5.32 Å². The first kappa shape index (κ1) is 20.9. The molecule has 2 heterocycles. The van der Waals surface area contributed by atoms with Gasteiger partial charge in [0.2, 0.25) is 10.0 Å². The average molecular weight is 428 g/mol. The van der Waals surface area contributed by atoms with E-state index in [9.17, 15) is 13.2 Å². The summed E-state index contributed by atoms with van der Waals surface area (Å²) in [7, 11) is -3.30. The number of carbonyl (C=O) groups is 1. The molecule has 0 spiro atoms. The summed E-state index contributed by atoms with van der Waals surface area (Å²) in [6, 6.07) is 13.6. The van der Waals surface area contributed by atoms with E-state index in [2.05, 4.69) is 22.3 Å². The largest absolute Gasteiger partial charge is 0.348 e. The number of sulfonamides is 1. The van der Waals surface area contributed by atoms with Gasteiger partial charge in [-0.3, -0.25) is 14.0 Å². The van der Waals surface area contributed by atoms with E-state index in [4.69, 9.17) is 0 Å². The van der Waals surface area contributed by atoms with Crippen molar-refractivity contribution in [3.8, 4) is 0 Å². The lowest BCUT2D eigenvalue weighted by molar-refractivity contribution is 0.0950. The lowest BCUT2D eigenvalue weighted by Crippen LogP contribution is -2.34. The second-order valence-corrected chi connectivity index (χ2v) is 10.1. The molecule has 2 aliphatic rings. The summed E-state index contributed by atoms with van der Waals surface area (Å²) in [5.74, 6) is -0.134. The van der Waals surface area contributed by atoms with Crippen LogP contribution in [0.25, 0.3) is 0 Å². The van der Waals surface area contributed by atoms with Crippen LogP contribution in [0.4, 0.5) is 5.69 Å². The van der Waals surface area contributed by atoms with Gasteiger partial charge in [-0.2, -0.15) is 0 Å². The van der Waals surface area contributed by atoms with Crippen molar-refractivity contribution < 1.29 is 13.2 Å². The van der Waals surface area contributed by atoms with E-state index in [-0.39, 0.29) is 5.91 Å². The maximum atomic E-state index is 12.8. The number of fused-ring (bicyclic) bond motifs is 1. The van der Waals surface area contributed by atoms with Crippen molar-refractivity contribution in [1.82, 2.24) is 10.2 Å². The highest BCUT2D eigenvalue weighted by Gasteiger charge is 2.24. The molecule has 2 aliphatic heterocycles. The van der Waals surface area contributed by atoms with Crippen molar-refractivity contribution >= 4 is 21.6 Å². The molecule has 6 nitrogen and oxygen atoms in total. The van der Waals surface area contributed by atoms with Crippen molar-refractivity contribution in [3.63, 3.8) is 0 Å². The molecule has 2 aromatic carbocycles. The molecule has 2 aromatic rings. The number of hydrogen-bond acceptors (Lipinski definition) is 4. The van der Waals surface area contributed by atoms with Gasteiger partial charge in [0.05, 0.1) is 11.9 Å². The molecule has 0 aliphatic carbocycles. The Balaban J connectivity index is 1.45. The van der Waals surface area contributed by atoms with Crippen LogP contribution in [0, 0.1) is 0 Å². The number of hydrogen-bond donors (Lipinski definition) is 1. The van der Waals surface area contributed by atoms with Crippen molar-refractivity contribution in [2.45, 2.75) is 38.8 Å². The summed E-state index contributed by atoms with van der Waals surface area (Å²) < 4.78 is 25.5. The van der Waals surface area contributed by atoms with Crippen LogP contribution in [0.5, 0.6) is 0 Å². The van der Waals surface area contributed by atoms with Gasteiger partial charge in [-0.1, -0.05) is 24.3 Å². The zero-order chi connectivity index (χ0) is 21.1. The highest BCUT2D eigenvalue weighted by molar-refractivity contribution is 7.92. The Morgan fingerprint density at radius 1 is 1.00 bits per heavy atom. The molecule has 0 aromatic heterocycles. The first-order valence-electron chi connectivity index (χ1n) is 10.6. The van der Waals surface area contributed by atoms with E-state index in [0.717, 1.165) is 43.6 Å². The van der Waals surface area contributed by atoms with Gasteiger partial charge in [-0.15, -0.1) is 0 Å². The summed E-state index contributed by atoms with van der Waals surface area (Å²) in [6.07, 6.45) is 5.28. The fraction of sp³-hybridized carbons (Fsp3) is 0.435. The fourth-order valence-electron chi connectivity index (χ4n) is 4.39. The van der Waals surface area contributed by atoms with E-state index in [1.165, 1.54) is 29.0 Å². The number of rotatable bonds is 6. The molecule has 1 fully saturated rings. The highest BCUT2D eigenvalue weighted by Crippen LogP contribution is 2.30. The number of amides is 1. The van der Waals surface area contributed by atoms with Crippen LogP contribution in [0.1, 0.15) is 46.3 Å². The van der Waals surface area contributed by atoms with Crippen LogP contribution in [-0.2, 0) is 29.5 Å². The Labute approximate surface area is 178 Å². The first-order valence-corrected chi connectivity index (χ1v) is 12.4. The lowest BCUT2D eigenvalue weighted by atomic mass is 10.0. The second-order valence-electron chi connectivity index (χ2n) is 8.22. The molecule has 4 rings (SSSR count). The molecule has 0 saturated carbocycles. The van der Waals surface area contributed by atoms with Gasteiger partial charge >= 0.3 is 0 Å². The molecule has 0 radical (unpaired) electrons. The quantitative estimate of drug-likeness (QED) is 0.770. The lowest BCUT2D eigenvalue weighted by Gasteiger charge is -2.29. The molecule has 7 heteroatoms. The average Bonchev–Trinajstić information content (AvgIpc) is 3.24. The van der Waals surface area contributed by atoms with Crippen LogP contribution >= 0.6 is 0 Å². The summed E-state index contributed by atoms with van der Waals surface area (Å²) in [4.78, 5) is 15.2. The van der Waals surface area contributed by atoms with Gasteiger partial charge in [-0.25, -0.2) is 8.42 Å². The van der Waals surface area contributed by atoms with E-state index >= 15 is 0 Å². The molecular formula is C23H29N3O3S. The minimum Gasteiger partial charge on any atom is -0.348 e. The minimum absolute atomic E-state index is 0.134. The van der Waals surface area contributed by atoms with Gasteiger partial charge in [-0.05, 0) is 73.7 Å². The van der Waals surface area contributed by atoms with E-state index in [1.807, 2.05) is 18.2 Å². The Hall–Kier alpha value is -2.38. The Morgan fingerprint density at radius 2 is 1.73 bits per heavy atom. The molecule has 30 heavy (non-hydrogen) atoms. The number of aryl methyl sites for hydroxylation is 1. The normalized spacial score (nSPS) is 17.0. The van der Waals surface area contributed by atoms with Crippen LogP contribution < -0.4 is 9.62 Å². The Morgan fingerprint density at radius 3 is 2.47 bits per heavy atom. The predicted molar refractivity (Wildman–Crippen MR) is 119 cm³/mol. The van der Waals surface area contributed by atoms with Crippen molar-refractivity contribution in [1.29, 1.82) is 0 Å². The third-order valence-electron chi connectivity index (χ3n) is 5.97. The summed E-state index contributed by atoms with van der Waals surface area (Å²) in [5, 5.41) is 3.04. The molecule has 0 unspecified atom stereocenters. The van der Waals surface area contributed by atoms with E-state index in [1.54, 1.807) is 12.1 Å². The Kier molecular flexibility index (Phi) is 6.11. The number of likely N-dealkylation sites (tertiary alicyclic amines) is 1. The zero-order valence-electron chi connectivity index (χ0n) is 17.4. The van der Waals surface area contributed by atoms with Crippen LogP contribution in [0.2, 0.25) is 0 Å². The molecule has 1 saturated heterocycles. The second kappa shape index (κ2) is 8.78. The molecule has 1 amide bonds. The smallest absolute Gasteiger partial charge is 0.251 e. The van der Waals surface area contributed by atoms with Crippen LogP contribution in [-0.4, -0.2) is 45.1 Å². The minimum atomic E-state index is -3.30. The van der Waals surface area contributed by atoms with Crippen molar-refractivity contribution in [2.24, 2.45) is 0 Å². The molecule has 0 atom stereocenters. The molecule has 0 bridgehead atoms. The van der Waals surface area contributed by atoms with Gasteiger partial charge in [0, 0.05) is 25.2 Å². The number of carbonyl (C=O) groups excluding carboxylic acids is 1. The van der Waals surface area contributed by atoms with E-state index < -0.39 is 10.0 Å². The topological polar surface area (TPSA) is 69.7 Å². The van der Waals surface area contributed by atoms with Crippen molar-refractivity contribution in [3.05, 3.63) is 64.7 Å². The number of anilines is 1. The third-order valence-corrected chi connectivity index (χ3v) is 7.15. The first-order chi connectivity index (χ1) is 14.4. The van der Waals surface area contributed by atoms with Gasteiger partial charge in [0.25, 0.3) is 5.91 Å². The zero-order valence-corrected chi connectivity index (χ0v) is 18.2. The maximum Gasteiger partial charge on any atom is 0.251 e. The highest BCUT2D eigenvalue weighted by atomic mass is 32.2. The summed E-state index contributed by atoms with van der Waals surface area (Å²) in [5.41, 5.74) is 4.57. The maximum absolute atomic E-state index is 12.8. The Bertz CT molecular complexity index is 1030. The standard InChI is InChI=1S/C23H29N3O3S/c1-30(28,29)26-14-6-9-18-15-19(10-11-22(18)26)23(27)24-16-20-7-2-3-8-21(20)17-25-12-4-5-13-25/h2-3,7-8,10-11,15H,4-6,9,12-14,16-17H2,1H3,(H,24,27). The third kappa shape index (κ3) is 4.68. The van der Waals surface area contributed by atoms with Gasteiger partial charge in [0.15, 0.2) is 0 Å². The number of nitrogens with zero attached hydrogens (tertiary/aromatic N) is 2. The van der Waals surface area contributed by atoms with E-state index in [0.29, 0.717) is 24.3 Å². The fourth-order valence-corrected chi connectivity index (χ4v) is 5.39.